The van der Waals surface area contributed by atoms with E-state index in [0.29, 0.717) is 0 Å². The van der Waals surface area contributed by atoms with Crippen molar-refractivity contribution in [2.75, 3.05) is 0 Å². The fourth-order valence-electron chi connectivity index (χ4n) is 1.58. The maximum Gasteiger partial charge on any atom is 0.269 e. The molecule has 0 fully saturated rings. The zero-order valence-corrected chi connectivity index (χ0v) is 9.16. The molecule has 3 nitrogen and oxygen atoms in total. The van der Waals surface area contributed by atoms with E-state index in [4.69, 9.17) is 0 Å². The van der Waals surface area contributed by atoms with Gasteiger partial charge in [-0.1, -0.05) is 0 Å². The summed E-state index contributed by atoms with van der Waals surface area (Å²) >= 11 is 0. The Kier molecular flexibility index (Phi) is 3.20. The van der Waals surface area contributed by atoms with E-state index < -0.39 is 33.8 Å². The van der Waals surface area contributed by atoms with Crippen molar-refractivity contribution in [2.24, 2.45) is 0 Å². The predicted molar refractivity (Wildman–Crippen MR) is 58.4 cm³/mol. The lowest BCUT2D eigenvalue weighted by Gasteiger charge is -2.06. The Morgan fingerprint density at radius 2 is 1.37 bits per heavy atom. The molecule has 2 rings (SSSR count). The highest BCUT2D eigenvalue weighted by Gasteiger charge is 2.20. The third-order valence-electron chi connectivity index (χ3n) is 2.48. The molecule has 2 aromatic carbocycles. The summed E-state index contributed by atoms with van der Waals surface area (Å²) < 4.78 is 53.0. The first-order valence-corrected chi connectivity index (χ1v) is 4.99. The SMILES string of the molecule is O=[N+]([O-])c1ccc(-c2c(F)c(F)cc(F)c2F)cc1. The molecule has 0 saturated heterocycles. The molecule has 0 aliphatic rings. The molecular weight excluding hydrogens is 266 g/mol. The lowest BCUT2D eigenvalue weighted by atomic mass is 10.0. The number of rotatable bonds is 2. The average Bonchev–Trinajstić information content (AvgIpc) is 2.37. The molecule has 0 aliphatic heterocycles. The van der Waals surface area contributed by atoms with Gasteiger partial charge in [-0.3, -0.25) is 10.1 Å². The minimum absolute atomic E-state index is 0.0968. The van der Waals surface area contributed by atoms with Gasteiger partial charge in [0.25, 0.3) is 5.69 Å². The van der Waals surface area contributed by atoms with Gasteiger partial charge in [-0.05, 0) is 17.7 Å². The highest BCUT2D eigenvalue weighted by Crippen LogP contribution is 2.30. The summed E-state index contributed by atoms with van der Waals surface area (Å²) in [5, 5.41) is 10.4. The second kappa shape index (κ2) is 4.68. The fourth-order valence-corrected chi connectivity index (χ4v) is 1.58. The monoisotopic (exact) mass is 271 g/mol. The minimum Gasteiger partial charge on any atom is -0.258 e. The number of nitro groups is 1. The van der Waals surface area contributed by atoms with E-state index in [-0.39, 0.29) is 17.3 Å². The number of benzene rings is 2. The van der Waals surface area contributed by atoms with Crippen LogP contribution in [0.25, 0.3) is 11.1 Å². The molecule has 0 N–H and O–H groups in total. The Balaban J connectivity index is 2.62. The van der Waals surface area contributed by atoms with Crippen molar-refractivity contribution < 1.29 is 22.5 Å². The van der Waals surface area contributed by atoms with E-state index in [9.17, 15) is 27.7 Å². The number of nitrogens with zero attached hydrogens (tertiary/aromatic N) is 1. The van der Waals surface area contributed by atoms with E-state index in [1.165, 1.54) is 0 Å². The van der Waals surface area contributed by atoms with Crippen LogP contribution in [-0.4, -0.2) is 4.92 Å². The second-order valence-corrected chi connectivity index (χ2v) is 3.65. The molecule has 0 atom stereocenters. The molecule has 0 aromatic heterocycles. The van der Waals surface area contributed by atoms with Gasteiger partial charge in [-0.25, -0.2) is 17.6 Å². The Morgan fingerprint density at radius 3 is 1.79 bits per heavy atom. The topological polar surface area (TPSA) is 43.1 Å². The van der Waals surface area contributed by atoms with Crippen molar-refractivity contribution in [3.8, 4) is 11.1 Å². The van der Waals surface area contributed by atoms with Gasteiger partial charge in [0.15, 0.2) is 23.3 Å². The summed E-state index contributed by atoms with van der Waals surface area (Å²) in [6.45, 7) is 0. The van der Waals surface area contributed by atoms with Crippen LogP contribution >= 0.6 is 0 Å². The van der Waals surface area contributed by atoms with E-state index in [2.05, 4.69) is 0 Å². The lowest BCUT2D eigenvalue weighted by molar-refractivity contribution is -0.384. The number of nitro benzene ring substituents is 1. The van der Waals surface area contributed by atoms with Gasteiger partial charge in [0, 0.05) is 18.2 Å². The van der Waals surface area contributed by atoms with Crippen molar-refractivity contribution in [3.05, 3.63) is 63.7 Å². The normalized spacial score (nSPS) is 10.5. The first kappa shape index (κ1) is 13.0. The predicted octanol–water partition coefficient (Wildman–Crippen LogP) is 3.82. The number of hydrogen-bond donors (Lipinski definition) is 0. The van der Waals surface area contributed by atoms with Crippen LogP contribution in [0.3, 0.4) is 0 Å². The van der Waals surface area contributed by atoms with Gasteiger partial charge in [0.05, 0.1) is 10.5 Å². The molecule has 2 aromatic rings. The molecule has 0 bridgehead atoms. The largest absolute Gasteiger partial charge is 0.269 e. The van der Waals surface area contributed by atoms with Gasteiger partial charge in [-0.2, -0.15) is 0 Å². The molecule has 7 heteroatoms. The van der Waals surface area contributed by atoms with E-state index in [1.54, 1.807) is 0 Å². The zero-order chi connectivity index (χ0) is 14.2. The molecule has 19 heavy (non-hydrogen) atoms. The summed E-state index contributed by atoms with van der Waals surface area (Å²) in [4.78, 5) is 9.72. The first-order chi connectivity index (χ1) is 8.91. The van der Waals surface area contributed by atoms with Gasteiger partial charge in [-0.15, -0.1) is 0 Å². The van der Waals surface area contributed by atoms with Crippen molar-refractivity contribution in [3.63, 3.8) is 0 Å². The van der Waals surface area contributed by atoms with Gasteiger partial charge in [0.2, 0.25) is 0 Å². The zero-order valence-electron chi connectivity index (χ0n) is 9.16. The molecule has 0 spiro atoms. The summed E-state index contributed by atoms with van der Waals surface area (Å²) in [5.41, 5.74) is -1.40. The maximum atomic E-state index is 13.5. The molecule has 0 amide bonds. The van der Waals surface area contributed by atoms with Crippen LogP contribution in [0.1, 0.15) is 0 Å². The van der Waals surface area contributed by atoms with Crippen LogP contribution in [0.4, 0.5) is 23.2 Å². The lowest BCUT2D eigenvalue weighted by Crippen LogP contribution is -1.98. The number of hydrogen-bond acceptors (Lipinski definition) is 2. The molecule has 0 radical (unpaired) electrons. The van der Waals surface area contributed by atoms with Crippen molar-refractivity contribution >= 4 is 5.69 Å². The number of non-ortho nitro benzene ring substituents is 1. The Bertz CT molecular complexity index is 630. The number of halogens is 4. The standard InChI is InChI=1S/C12H5F4NO2/c13-8-5-9(14)12(16)10(11(8)15)6-1-3-7(4-2-6)17(18)19/h1-5H. The highest BCUT2D eigenvalue weighted by molar-refractivity contribution is 5.66. The summed E-state index contributed by atoms with van der Waals surface area (Å²) in [6.07, 6.45) is 0. The van der Waals surface area contributed by atoms with Crippen LogP contribution < -0.4 is 0 Å². The molecular formula is C12H5F4NO2. The van der Waals surface area contributed by atoms with Crippen LogP contribution in [0.2, 0.25) is 0 Å². The maximum absolute atomic E-state index is 13.5. The quantitative estimate of drug-likeness (QED) is 0.360. The first-order valence-electron chi connectivity index (χ1n) is 4.99. The molecule has 0 saturated carbocycles. The average molecular weight is 271 g/mol. The molecule has 0 unspecified atom stereocenters. The third kappa shape index (κ3) is 2.26. The van der Waals surface area contributed by atoms with Gasteiger partial charge < -0.3 is 0 Å². The second-order valence-electron chi connectivity index (χ2n) is 3.65. The smallest absolute Gasteiger partial charge is 0.258 e. The molecule has 0 aliphatic carbocycles. The van der Waals surface area contributed by atoms with Crippen LogP contribution in [0.15, 0.2) is 30.3 Å². The summed E-state index contributed by atoms with van der Waals surface area (Å²) in [6, 6.07) is 4.09. The molecule has 0 heterocycles. The van der Waals surface area contributed by atoms with Crippen molar-refractivity contribution in [2.45, 2.75) is 0 Å². The minimum atomic E-state index is -1.55. The molecule has 98 valence electrons. The highest BCUT2D eigenvalue weighted by atomic mass is 19.2. The van der Waals surface area contributed by atoms with Crippen LogP contribution in [0.5, 0.6) is 0 Å². The van der Waals surface area contributed by atoms with Crippen LogP contribution in [0, 0.1) is 33.4 Å². The Morgan fingerprint density at radius 1 is 0.895 bits per heavy atom. The summed E-state index contributed by atoms with van der Waals surface area (Å²) in [7, 11) is 0. The summed E-state index contributed by atoms with van der Waals surface area (Å²) in [5.74, 6) is -6.17. The van der Waals surface area contributed by atoms with Crippen molar-refractivity contribution in [1.82, 2.24) is 0 Å². The van der Waals surface area contributed by atoms with Crippen molar-refractivity contribution in [1.29, 1.82) is 0 Å². The Labute approximate surface area is 104 Å². The van der Waals surface area contributed by atoms with Crippen LogP contribution in [-0.2, 0) is 0 Å². The van der Waals surface area contributed by atoms with E-state index >= 15 is 0 Å². The fraction of sp³-hybridized carbons (Fsp3) is 0. The van der Waals surface area contributed by atoms with E-state index in [0.717, 1.165) is 24.3 Å². The third-order valence-corrected chi connectivity index (χ3v) is 2.48. The van der Waals surface area contributed by atoms with Gasteiger partial charge >= 0.3 is 0 Å². The Hall–Kier alpha value is -2.44. The van der Waals surface area contributed by atoms with E-state index in [1.807, 2.05) is 0 Å². The van der Waals surface area contributed by atoms with Gasteiger partial charge in [0.1, 0.15) is 0 Å².